The molecule has 1 saturated heterocycles. The van der Waals surface area contributed by atoms with Crippen LogP contribution < -0.4 is 10.5 Å². The first-order valence-electron chi connectivity index (χ1n) is 7.99. The second kappa shape index (κ2) is 8.06. The number of benzene rings is 1. The SMILES string of the molecule is COCCNS(=O)(=O)c1ccc(C)c(C(=O)N2CCCC(N)C2)c1. The number of amides is 1. The zero-order chi connectivity index (χ0) is 17.7. The Hall–Kier alpha value is -1.48. The van der Waals surface area contributed by atoms with Crippen molar-refractivity contribution < 1.29 is 17.9 Å². The van der Waals surface area contributed by atoms with Crippen molar-refractivity contribution in [2.24, 2.45) is 5.73 Å². The summed E-state index contributed by atoms with van der Waals surface area (Å²) in [6, 6.07) is 4.57. The number of piperidine rings is 1. The van der Waals surface area contributed by atoms with E-state index in [0.717, 1.165) is 18.4 Å². The van der Waals surface area contributed by atoms with Crippen LogP contribution in [-0.4, -0.2) is 58.6 Å². The van der Waals surface area contributed by atoms with Crippen LogP contribution in [0.3, 0.4) is 0 Å². The van der Waals surface area contributed by atoms with Gasteiger partial charge >= 0.3 is 0 Å². The first-order chi connectivity index (χ1) is 11.3. The molecule has 7 nitrogen and oxygen atoms in total. The van der Waals surface area contributed by atoms with E-state index in [4.69, 9.17) is 10.5 Å². The minimum Gasteiger partial charge on any atom is -0.383 e. The fourth-order valence-corrected chi connectivity index (χ4v) is 3.76. The number of nitrogens with one attached hydrogen (secondary N) is 1. The van der Waals surface area contributed by atoms with Gasteiger partial charge in [-0.15, -0.1) is 0 Å². The molecule has 0 aromatic heterocycles. The zero-order valence-electron chi connectivity index (χ0n) is 14.1. The second-order valence-corrected chi connectivity index (χ2v) is 7.79. The molecule has 1 unspecified atom stereocenters. The van der Waals surface area contributed by atoms with Crippen LogP contribution in [0.1, 0.15) is 28.8 Å². The van der Waals surface area contributed by atoms with Crippen molar-refractivity contribution in [2.75, 3.05) is 33.4 Å². The molecular formula is C16H25N3O4S. The normalized spacial score (nSPS) is 18.6. The molecule has 0 radical (unpaired) electrons. The lowest BCUT2D eigenvalue weighted by Gasteiger charge is -2.31. The summed E-state index contributed by atoms with van der Waals surface area (Å²) < 4.78 is 31.9. The highest BCUT2D eigenvalue weighted by Gasteiger charge is 2.25. The molecule has 1 aromatic rings. The fourth-order valence-electron chi connectivity index (χ4n) is 2.72. The van der Waals surface area contributed by atoms with E-state index in [0.29, 0.717) is 18.7 Å². The number of ether oxygens (including phenoxy) is 1. The van der Waals surface area contributed by atoms with E-state index in [9.17, 15) is 13.2 Å². The number of carbonyl (C=O) groups excluding carboxylic acids is 1. The number of nitrogens with zero attached hydrogens (tertiary/aromatic N) is 1. The lowest BCUT2D eigenvalue weighted by Crippen LogP contribution is -2.45. The summed E-state index contributed by atoms with van der Waals surface area (Å²) in [6.45, 7) is 3.40. The number of sulfonamides is 1. The van der Waals surface area contributed by atoms with Gasteiger partial charge < -0.3 is 15.4 Å². The number of carbonyl (C=O) groups is 1. The smallest absolute Gasteiger partial charge is 0.254 e. The highest BCUT2D eigenvalue weighted by Crippen LogP contribution is 2.19. The van der Waals surface area contributed by atoms with Crippen LogP contribution >= 0.6 is 0 Å². The molecule has 1 aliphatic heterocycles. The molecule has 0 aliphatic carbocycles. The Bertz CT molecular complexity index is 691. The van der Waals surface area contributed by atoms with Crippen LogP contribution in [0.5, 0.6) is 0 Å². The fraction of sp³-hybridized carbons (Fsp3) is 0.562. The van der Waals surface area contributed by atoms with Gasteiger partial charge in [0, 0.05) is 38.3 Å². The van der Waals surface area contributed by atoms with Gasteiger partial charge in [-0.1, -0.05) is 6.07 Å². The molecule has 8 heteroatoms. The number of likely N-dealkylation sites (tertiary alicyclic amines) is 1. The largest absolute Gasteiger partial charge is 0.383 e. The molecule has 1 aliphatic rings. The third kappa shape index (κ3) is 4.54. The topological polar surface area (TPSA) is 102 Å². The molecule has 1 amide bonds. The number of rotatable bonds is 6. The third-order valence-corrected chi connectivity index (χ3v) is 5.55. The predicted octanol–water partition coefficient (Wildman–Crippen LogP) is 0.483. The summed E-state index contributed by atoms with van der Waals surface area (Å²) in [5.74, 6) is -0.170. The summed E-state index contributed by atoms with van der Waals surface area (Å²) in [6.07, 6.45) is 1.77. The first-order valence-corrected chi connectivity index (χ1v) is 9.47. The van der Waals surface area contributed by atoms with Crippen LogP contribution in [0.15, 0.2) is 23.1 Å². The van der Waals surface area contributed by atoms with Crippen molar-refractivity contribution in [3.8, 4) is 0 Å². The van der Waals surface area contributed by atoms with E-state index in [1.54, 1.807) is 17.9 Å². The van der Waals surface area contributed by atoms with E-state index < -0.39 is 10.0 Å². The van der Waals surface area contributed by atoms with E-state index >= 15 is 0 Å². The third-order valence-electron chi connectivity index (χ3n) is 4.09. The van der Waals surface area contributed by atoms with E-state index in [1.165, 1.54) is 19.2 Å². The lowest BCUT2D eigenvalue weighted by molar-refractivity contribution is 0.0708. The number of hydrogen-bond acceptors (Lipinski definition) is 5. The average Bonchev–Trinajstić information content (AvgIpc) is 2.54. The van der Waals surface area contributed by atoms with Gasteiger partial charge in [0.05, 0.1) is 11.5 Å². The predicted molar refractivity (Wildman–Crippen MR) is 91.4 cm³/mol. The van der Waals surface area contributed by atoms with Crippen molar-refractivity contribution in [2.45, 2.75) is 30.7 Å². The Balaban J connectivity index is 2.23. The monoisotopic (exact) mass is 355 g/mol. The average molecular weight is 355 g/mol. The number of methoxy groups -OCH3 is 1. The van der Waals surface area contributed by atoms with Crippen molar-refractivity contribution in [1.82, 2.24) is 9.62 Å². The maximum absolute atomic E-state index is 12.7. The van der Waals surface area contributed by atoms with E-state index in [-0.39, 0.29) is 30.0 Å². The van der Waals surface area contributed by atoms with Crippen LogP contribution in [0, 0.1) is 6.92 Å². The quantitative estimate of drug-likeness (QED) is 0.723. The molecule has 1 fully saturated rings. The molecule has 3 N–H and O–H groups in total. The number of aryl methyl sites for hydroxylation is 1. The Kier molecular flexibility index (Phi) is 6.34. The van der Waals surface area contributed by atoms with Gasteiger partial charge in [-0.25, -0.2) is 13.1 Å². The van der Waals surface area contributed by atoms with Crippen molar-refractivity contribution >= 4 is 15.9 Å². The maximum Gasteiger partial charge on any atom is 0.254 e. The Morgan fingerprint density at radius 2 is 2.21 bits per heavy atom. The second-order valence-electron chi connectivity index (χ2n) is 6.02. The Labute approximate surface area is 143 Å². The van der Waals surface area contributed by atoms with E-state index in [1.807, 2.05) is 0 Å². The zero-order valence-corrected chi connectivity index (χ0v) is 14.9. The summed E-state index contributed by atoms with van der Waals surface area (Å²) in [5, 5.41) is 0. The molecule has 0 bridgehead atoms. The van der Waals surface area contributed by atoms with Gasteiger partial charge in [-0.05, 0) is 37.5 Å². The first kappa shape index (κ1) is 18.9. The van der Waals surface area contributed by atoms with E-state index in [2.05, 4.69) is 4.72 Å². The minimum atomic E-state index is -3.67. The Morgan fingerprint density at radius 1 is 1.46 bits per heavy atom. The van der Waals surface area contributed by atoms with Gasteiger partial charge in [-0.3, -0.25) is 4.79 Å². The van der Waals surface area contributed by atoms with Crippen LogP contribution in [0.2, 0.25) is 0 Å². The van der Waals surface area contributed by atoms with Crippen LogP contribution in [0.25, 0.3) is 0 Å². The van der Waals surface area contributed by atoms with Crippen molar-refractivity contribution in [3.63, 3.8) is 0 Å². The molecule has 1 atom stereocenters. The summed E-state index contributed by atoms with van der Waals surface area (Å²) in [7, 11) is -2.17. The summed E-state index contributed by atoms with van der Waals surface area (Å²) >= 11 is 0. The molecule has 1 heterocycles. The summed E-state index contributed by atoms with van der Waals surface area (Å²) in [4.78, 5) is 14.5. The highest BCUT2D eigenvalue weighted by molar-refractivity contribution is 7.89. The van der Waals surface area contributed by atoms with Crippen molar-refractivity contribution in [1.29, 1.82) is 0 Å². The Morgan fingerprint density at radius 3 is 2.88 bits per heavy atom. The van der Waals surface area contributed by atoms with Crippen LogP contribution in [-0.2, 0) is 14.8 Å². The van der Waals surface area contributed by atoms with Crippen molar-refractivity contribution in [3.05, 3.63) is 29.3 Å². The molecule has 0 spiro atoms. The van der Waals surface area contributed by atoms with Gasteiger partial charge in [-0.2, -0.15) is 0 Å². The van der Waals surface area contributed by atoms with Gasteiger partial charge in [0.1, 0.15) is 0 Å². The van der Waals surface area contributed by atoms with Gasteiger partial charge in [0.2, 0.25) is 10.0 Å². The highest BCUT2D eigenvalue weighted by atomic mass is 32.2. The summed E-state index contributed by atoms with van der Waals surface area (Å²) in [5.41, 5.74) is 7.08. The van der Waals surface area contributed by atoms with Crippen LogP contribution in [0.4, 0.5) is 0 Å². The van der Waals surface area contributed by atoms with Gasteiger partial charge in [0.15, 0.2) is 0 Å². The minimum absolute atomic E-state index is 0.0226. The molecular weight excluding hydrogens is 330 g/mol. The lowest BCUT2D eigenvalue weighted by atomic mass is 10.0. The standard InChI is InChI=1S/C16H25N3O4S/c1-12-5-6-14(24(21,22)18-7-9-23-2)10-15(12)16(20)19-8-3-4-13(17)11-19/h5-6,10,13,18H,3-4,7-9,11,17H2,1-2H3. The molecule has 2 rings (SSSR count). The van der Waals surface area contributed by atoms with Gasteiger partial charge in [0.25, 0.3) is 5.91 Å². The molecule has 0 saturated carbocycles. The molecule has 1 aromatic carbocycles. The maximum atomic E-state index is 12.7. The molecule has 134 valence electrons. The number of nitrogens with two attached hydrogens (primary N) is 1. The molecule has 24 heavy (non-hydrogen) atoms. The number of hydrogen-bond donors (Lipinski definition) is 2.